The molecular formula is C13H22N2O2. The lowest BCUT2D eigenvalue weighted by atomic mass is 10.2. The van der Waals surface area contributed by atoms with Gasteiger partial charge in [-0.25, -0.2) is 0 Å². The maximum absolute atomic E-state index is 9.64. The fraction of sp³-hybridized carbons (Fsp3) is 0.615. The van der Waals surface area contributed by atoms with Crippen molar-refractivity contribution in [3.05, 3.63) is 24.0 Å². The van der Waals surface area contributed by atoms with E-state index in [1.807, 2.05) is 33.0 Å². The second-order valence-electron chi connectivity index (χ2n) is 3.98. The summed E-state index contributed by atoms with van der Waals surface area (Å²) in [7, 11) is 2.01. The number of aliphatic hydroxyl groups excluding tert-OH is 1. The van der Waals surface area contributed by atoms with E-state index in [0.717, 1.165) is 24.5 Å². The zero-order chi connectivity index (χ0) is 12.7. The molecule has 0 spiro atoms. The lowest BCUT2D eigenvalue weighted by Crippen LogP contribution is -2.22. The molecule has 0 aromatic carbocycles. The largest absolute Gasteiger partial charge is 0.387 e. The lowest BCUT2D eigenvalue weighted by Gasteiger charge is -2.19. The van der Waals surface area contributed by atoms with Gasteiger partial charge in [-0.3, -0.25) is 4.98 Å². The van der Waals surface area contributed by atoms with Gasteiger partial charge in [-0.15, -0.1) is 0 Å². The van der Waals surface area contributed by atoms with Gasteiger partial charge in [0.1, 0.15) is 0 Å². The predicted molar refractivity (Wildman–Crippen MR) is 69.3 cm³/mol. The maximum atomic E-state index is 9.64. The first kappa shape index (κ1) is 13.9. The number of aliphatic hydroxyl groups is 1. The number of rotatable bonds is 7. The van der Waals surface area contributed by atoms with Crippen LogP contribution in [0.4, 0.5) is 5.69 Å². The van der Waals surface area contributed by atoms with Gasteiger partial charge in [-0.1, -0.05) is 6.92 Å². The fourth-order valence-electron chi connectivity index (χ4n) is 1.50. The maximum Gasteiger partial charge on any atom is 0.0957 e. The van der Waals surface area contributed by atoms with Crippen LogP contribution < -0.4 is 4.90 Å². The van der Waals surface area contributed by atoms with Crippen molar-refractivity contribution in [3.8, 4) is 0 Å². The van der Waals surface area contributed by atoms with E-state index in [4.69, 9.17) is 4.74 Å². The Morgan fingerprint density at radius 3 is 2.71 bits per heavy atom. The minimum absolute atomic E-state index is 0.460. The molecular weight excluding hydrogens is 216 g/mol. The molecule has 1 heterocycles. The SMILES string of the molecule is CCOCCN(C)c1ccc([C@H](O)CC)nc1. The van der Waals surface area contributed by atoms with Gasteiger partial charge < -0.3 is 14.7 Å². The Bertz CT molecular complexity index is 314. The van der Waals surface area contributed by atoms with Crippen LogP contribution in [0, 0.1) is 0 Å². The van der Waals surface area contributed by atoms with Gasteiger partial charge in [0.2, 0.25) is 0 Å². The van der Waals surface area contributed by atoms with E-state index in [9.17, 15) is 5.11 Å². The smallest absolute Gasteiger partial charge is 0.0957 e. The summed E-state index contributed by atoms with van der Waals surface area (Å²) in [6.07, 6.45) is 2.02. The van der Waals surface area contributed by atoms with Gasteiger partial charge in [-0.05, 0) is 25.5 Å². The molecule has 0 bridgehead atoms. The highest BCUT2D eigenvalue weighted by molar-refractivity contribution is 5.43. The number of ether oxygens (including phenoxy) is 1. The predicted octanol–water partition coefficient (Wildman–Crippen LogP) is 2.00. The highest BCUT2D eigenvalue weighted by Crippen LogP contribution is 2.17. The van der Waals surface area contributed by atoms with Crippen molar-refractivity contribution in [2.45, 2.75) is 26.4 Å². The first-order chi connectivity index (χ1) is 8.19. The zero-order valence-electron chi connectivity index (χ0n) is 10.9. The average Bonchev–Trinajstić information content (AvgIpc) is 2.38. The summed E-state index contributed by atoms with van der Waals surface area (Å²) in [5, 5.41) is 9.64. The van der Waals surface area contributed by atoms with E-state index in [2.05, 4.69) is 9.88 Å². The molecule has 0 unspecified atom stereocenters. The number of hydrogen-bond acceptors (Lipinski definition) is 4. The van der Waals surface area contributed by atoms with Gasteiger partial charge in [0.25, 0.3) is 0 Å². The van der Waals surface area contributed by atoms with Crippen molar-refractivity contribution in [1.82, 2.24) is 4.98 Å². The molecule has 17 heavy (non-hydrogen) atoms. The van der Waals surface area contributed by atoms with E-state index in [1.165, 1.54) is 0 Å². The Morgan fingerprint density at radius 1 is 1.41 bits per heavy atom. The average molecular weight is 238 g/mol. The Morgan fingerprint density at radius 2 is 2.18 bits per heavy atom. The normalized spacial score (nSPS) is 12.5. The third-order valence-corrected chi connectivity index (χ3v) is 2.71. The summed E-state index contributed by atoms with van der Waals surface area (Å²) in [6, 6.07) is 3.85. The van der Waals surface area contributed by atoms with Crippen LogP contribution in [0.5, 0.6) is 0 Å². The first-order valence-electron chi connectivity index (χ1n) is 6.11. The minimum atomic E-state index is -0.460. The van der Waals surface area contributed by atoms with Crippen molar-refractivity contribution < 1.29 is 9.84 Å². The van der Waals surface area contributed by atoms with Crippen molar-refractivity contribution in [1.29, 1.82) is 0 Å². The molecule has 0 aliphatic heterocycles. The Kier molecular flexibility index (Phi) is 5.94. The molecule has 96 valence electrons. The first-order valence-corrected chi connectivity index (χ1v) is 6.11. The molecule has 1 aromatic heterocycles. The van der Waals surface area contributed by atoms with Crippen LogP contribution in [-0.4, -0.2) is 36.9 Å². The van der Waals surface area contributed by atoms with E-state index in [1.54, 1.807) is 6.20 Å². The number of aromatic nitrogens is 1. The third-order valence-electron chi connectivity index (χ3n) is 2.71. The number of pyridine rings is 1. The Hall–Kier alpha value is -1.13. The zero-order valence-corrected chi connectivity index (χ0v) is 10.9. The van der Waals surface area contributed by atoms with Gasteiger partial charge in [0.05, 0.1) is 30.3 Å². The number of anilines is 1. The molecule has 0 saturated heterocycles. The second-order valence-corrected chi connectivity index (χ2v) is 3.98. The van der Waals surface area contributed by atoms with Crippen molar-refractivity contribution in [3.63, 3.8) is 0 Å². The molecule has 1 atom stereocenters. The van der Waals surface area contributed by atoms with Crippen LogP contribution in [0.1, 0.15) is 32.1 Å². The van der Waals surface area contributed by atoms with Crippen LogP contribution in [0.25, 0.3) is 0 Å². The summed E-state index contributed by atoms with van der Waals surface area (Å²) in [5.74, 6) is 0. The van der Waals surface area contributed by atoms with E-state index in [-0.39, 0.29) is 0 Å². The van der Waals surface area contributed by atoms with Crippen LogP contribution in [0.15, 0.2) is 18.3 Å². The van der Waals surface area contributed by atoms with E-state index in [0.29, 0.717) is 13.0 Å². The van der Waals surface area contributed by atoms with Crippen LogP contribution in [-0.2, 0) is 4.74 Å². The van der Waals surface area contributed by atoms with Crippen LogP contribution in [0.2, 0.25) is 0 Å². The minimum Gasteiger partial charge on any atom is -0.387 e. The van der Waals surface area contributed by atoms with Crippen LogP contribution in [0.3, 0.4) is 0 Å². The van der Waals surface area contributed by atoms with Crippen molar-refractivity contribution >= 4 is 5.69 Å². The summed E-state index contributed by atoms with van der Waals surface area (Å²) in [4.78, 5) is 6.35. The van der Waals surface area contributed by atoms with Gasteiger partial charge in [-0.2, -0.15) is 0 Å². The monoisotopic (exact) mass is 238 g/mol. The van der Waals surface area contributed by atoms with Gasteiger partial charge in [0.15, 0.2) is 0 Å². The Balaban J connectivity index is 2.54. The number of nitrogens with zero attached hydrogens (tertiary/aromatic N) is 2. The summed E-state index contributed by atoms with van der Waals surface area (Å²) in [6.45, 7) is 6.22. The summed E-state index contributed by atoms with van der Waals surface area (Å²) in [5.41, 5.74) is 1.77. The van der Waals surface area contributed by atoms with Gasteiger partial charge >= 0.3 is 0 Å². The number of likely N-dealkylation sites (N-methyl/N-ethyl adjacent to an activating group) is 1. The quantitative estimate of drug-likeness (QED) is 0.738. The molecule has 0 aliphatic rings. The highest BCUT2D eigenvalue weighted by atomic mass is 16.5. The van der Waals surface area contributed by atoms with Gasteiger partial charge in [0, 0.05) is 20.2 Å². The number of hydrogen-bond donors (Lipinski definition) is 1. The molecule has 0 saturated carbocycles. The van der Waals surface area contributed by atoms with Crippen LogP contribution >= 0.6 is 0 Å². The summed E-state index contributed by atoms with van der Waals surface area (Å²) < 4.78 is 5.30. The standard InChI is InChI=1S/C13H22N2O2/c1-4-13(16)12-7-6-11(10-14-12)15(3)8-9-17-5-2/h6-7,10,13,16H,4-5,8-9H2,1-3H3/t13-/m1/s1. The fourth-order valence-corrected chi connectivity index (χ4v) is 1.50. The topological polar surface area (TPSA) is 45.6 Å². The molecule has 0 aliphatic carbocycles. The summed E-state index contributed by atoms with van der Waals surface area (Å²) >= 11 is 0. The Labute approximate surface area is 103 Å². The van der Waals surface area contributed by atoms with Crippen molar-refractivity contribution in [2.24, 2.45) is 0 Å². The molecule has 1 N–H and O–H groups in total. The lowest BCUT2D eigenvalue weighted by molar-refractivity contribution is 0.154. The van der Waals surface area contributed by atoms with Crippen molar-refractivity contribution in [2.75, 3.05) is 31.7 Å². The third kappa shape index (κ3) is 4.32. The molecule has 0 amide bonds. The molecule has 0 fully saturated rings. The molecule has 1 aromatic rings. The second kappa shape index (κ2) is 7.25. The van der Waals surface area contributed by atoms with E-state index < -0.39 is 6.10 Å². The molecule has 1 rings (SSSR count). The highest BCUT2D eigenvalue weighted by Gasteiger charge is 2.07. The molecule has 0 radical (unpaired) electrons. The van der Waals surface area contributed by atoms with E-state index >= 15 is 0 Å². The molecule has 4 nitrogen and oxygen atoms in total. The molecule has 4 heteroatoms.